The van der Waals surface area contributed by atoms with Gasteiger partial charge in [-0.15, -0.1) is 11.8 Å². The molecule has 1 saturated heterocycles. The first-order valence-electron chi connectivity index (χ1n) is 7.45. The highest BCUT2D eigenvalue weighted by Gasteiger charge is 2.33. The van der Waals surface area contributed by atoms with E-state index in [-0.39, 0.29) is 0 Å². The number of methoxy groups -OCH3 is 1. The van der Waals surface area contributed by atoms with E-state index >= 15 is 0 Å². The number of rotatable bonds is 5. The Balaban J connectivity index is 1.80. The molecular formula is C16H23NO2S. The van der Waals surface area contributed by atoms with E-state index in [1.54, 1.807) is 7.11 Å². The zero-order valence-electron chi connectivity index (χ0n) is 12.2. The number of nitrogens with one attached hydrogen (secondary N) is 1. The van der Waals surface area contributed by atoms with E-state index in [1.165, 1.54) is 17.5 Å². The van der Waals surface area contributed by atoms with Crippen LogP contribution in [0.2, 0.25) is 0 Å². The van der Waals surface area contributed by atoms with Gasteiger partial charge >= 0.3 is 0 Å². The number of ether oxygens (including phenoxy) is 2. The van der Waals surface area contributed by atoms with E-state index in [1.807, 2.05) is 0 Å². The monoisotopic (exact) mass is 293 g/mol. The first-order valence-corrected chi connectivity index (χ1v) is 8.39. The Morgan fingerprint density at radius 3 is 2.90 bits per heavy atom. The molecule has 0 spiro atoms. The Morgan fingerprint density at radius 2 is 2.25 bits per heavy atom. The molecule has 0 aromatic heterocycles. The van der Waals surface area contributed by atoms with E-state index in [2.05, 4.69) is 42.2 Å². The summed E-state index contributed by atoms with van der Waals surface area (Å²) >= 11 is 2.11. The summed E-state index contributed by atoms with van der Waals surface area (Å²) in [5, 5.41) is 5.03. The summed E-state index contributed by atoms with van der Waals surface area (Å²) in [6.45, 7) is 5.05. The predicted octanol–water partition coefficient (Wildman–Crippen LogP) is 2.79. The number of hydrogen-bond donors (Lipinski definition) is 1. The highest BCUT2D eigenvalue weighted by Crippen LogP contribution is 2.40. The van der Waals surface area contributed by atoms with Crippen molar-refractivity contribution in [2.45, 2.75) is 36.3 Å². The van der Waals surface area contributed by atoms with Crippen molar-refractivity contribution < 1.29 is 9.47 Å². The molecule has 1 heterocycles. The number of thioether (sulfide) groups is 1. The molecule has 20 heavy (non-hydrogen) atoms. The first kappa shape index (κ1) is 14.2. The molecule has 2 atom stereocenters. The highest BCUT2D eigenvalue weighted by atomic mass is 32.2. The van der Waals surface area contributed by atoms with Gasteiger partial charge in [0.25, 0.3) is 0 Å². The fraction of sp³-hybridized carbons (Fsp3) is 0.625. The Kier molecular flexibility index (Phi) is 4.54. The second-order valence-electron chi connectivity index (χ2n) is 5.47. The van der Waals surface area contributed by atoms with E-state index in [4.69, 9.17) is 9.47 Å². The maximum absolute atomic E-state index is 5.35. The summed E-state index contributed by atoms with van der Waals surface area (Å²) in [7, 11) is 1.74. The van der Waals surface area contributed by atoms with Gasteiger partial charge in [0.2, 0.25) is 0 Å². The van der Waals surface area contributed by atoms with Crippen LogP contribution in [0.15, 0.2) is 18.2 Å². The number of fused-ring (bicyclic) bond motifs is 1. The van der Waals surface area contributed by atoms with Crippen molar-refractivity contribution in [1.29, 1.82) is 0 Å². The lowest BCUT2D eigenvalue weighted by molar-refractivity contribution is 0.0451. The number of aryl methyl sites for hydroxylation is 1. The molecule has 1 N–H and O–H groups in total. The number of benzene rings is 1. The minimum Gasteiger partial charge on any atom is -0.497 e. The minimum atomic E-state index is 0.459. The fourth-order valence-electron chi connectivity index (χ4n) is 3.04. The van der Waals surface area contributed by atoms with E-state index in [0.717, 1.165) is 31.9 Å². The second kappa shape index (κ2) is 6.37. The van der Waals surface area contributed by atoms with Crippen LogP contribution in [0.1, 0.15) is 30.5 Å². The van der Waals surface area contributed by atoms with Gasteiger partial charge in [-0.05, 0) is 42.6 Å². The molecule has 1 fully saturated rings. The summed E-state index contributed by atoms with van der Waals surface area (Å²) in [6, 6.07) is 6.99. The van der Waals surface area contributed by atoms with Crippen LogP contribution >= 0.6 is 11.8 Å². The fourth-order valence-corrected chi connectivity index (χ4v) is 4.54. The maximum atomic E-state index is 5.35. The molecule has 1 aliphatic carbocycles. The van der Waals surface area contributed by atoms with Gasteiger partial charge in [0.1, 0.15) is 5.75 Å². The Bertz CT molecular complexity index is 462. The van der Waals surface area contributed by atoms with Gasteiger partial charge in [0.15, 0.2) is 0 Å². The van der Waals surface area contributed by atoms with Crippen LogP contribution in [0.3, 0.4) is 0 Å². The molecule has 110 valence electrons. The Hall–Kier alpha value is -0.710. The third-order valence-electron chi connectivity index (χ3n) is 4.15. The van der Waals surface area contributed by atoms with Gasteiger partial charge in [0, 0.05) is 11.3 Å². The lowest BCUT2D eigenvalue weighted by Crippen LogP contribution is -2.39. The van der Waals surface area contributed by atoms with Gasteiger partial charge in [-0.3, -0.25) is 0 Å². The molecule has 1 aliphatic heterocycles. The minimum absolute atomic E-state index is 0.459. The molecule has 4 heteroatoms. The molecule has 2 aliphatic rings. The van der Waals surface area contributed by atoms with Crippen LogP contribution in [0.5, 0.6) is 5.75 Å². The second-order valence-corrected chi connectivity index (χ2v) is 7.02. The molecule has 0 amide bonds. The van der Waals surface area contributed by atoms with Crippen LogP contribution in [0.4, 0.5) is 0 Å². The molecular weight excluding hydrogens is 270 g/mol. The van der Waals surface area contributed by atoms with Gasteiger partial charge in [-0.1, -0.05) is 13.0 Å². The summed E-state index contributed by atoms with van der Waals surface area (Å²) < 4.78 is 10.7. The SMILES string of the molecule is CCNC1c2ccc(OC)cc2CCC1SC1COC1. The Morgan fingerprint density at radius 1 is 1.40 bits per heavy atom. The van der Waals surface area contributed by atoms with Crippen LogP contribution in [-0.2, 0) is 11.2 Å². The maximum Gasteiger partial charge on any atom is 0.119 e. The predicted molar refractivity (Wildman–Crippen MR) is 83.7 cm³/mol. The van der Waals surface area contributed by atoms with Crippen molar-refractivity contribution in [2.24, 2.45) is 0 Å². The van der Waals surface area contributed by atoms with Crippen LogP contribution in [0.25, 0.3) is 0 Å². The zero-order valence-corrected chi connectivity index (χ0v) is 13.0. The Labute approximate surface area is 125 Å². The van der Waals surface area contributed by atoms with Crippen LogP contribution < -0.4 is 10.1 Å². The van der Waals surface area contributed by atoms with Crippen molar-refractivity contribution in [1.82, 2.24) is 5.32 Å². The van der Waals surface area contributed by atoms with Crippen molar-refractivity contribution in [3.63, 3.8) is 0 Å². The van der Waals surface area contributed by atoms with E-state index in [9.17, 15) is 0 Å². The van der Waals surface area contributed by atoms with Gasteiger partial charge in [0.05, 0.1) is 25.6 Å². The molecule has 1 aromatic rings. The smallest absolute Gasteiger partial charge is 0.119 e. The van der Waals surface area contributed by atoms with E-state index in [0.29, 0.717) is 16.5 Å². The quantitative estimate of drug-likeness (QED) is 0.904. The third kappa shape index (κ3) is 2.83. The average molecular weight is 293 g/mol. The summed E-state index contributed by atoms with van der Waals surface area (Å²) in [5.41, 5.74) is 2.90. The molecule has 1 aromatic carbocycles. The number of hydrogen-bond acceptors (Lipinski definition) is 4. The van der Waals surface area contributed by atoms with Crippen molar-refractivity contribution in [3.05, 3.63) is 29.3 Å². The lowest BCUT2D eigenvalue weighted by Gasteiger charge is -2.38. The van der Waals surface area contributed by atoms with E-state index < -0.39 is 0 Å². The van der Waals surface area contributed by atoms with Gasteiger partial charge < -0.3 is 14.8 Å². The lowest BCUT2D eigenvalue weighted by atomic mass is 9.87. The topological polar surface area (TPSA) is 30.5 Å². The highest BCUT2D eigenvalue weighted by molar-refractivity contribution is 8.00. The first-order chi connectivity index (χ1) is 9.81. The molecule has 2 unspecified atom stereocenters. The van der Waals surface area contributed by atoms with Crippen molar-refractivity contribution in [3.8, 4) is 5.75 Å². The zero-order chi connectivity index (χ0) is 13.9. The summed E-state index contributed by atoms with van der Waals surface area (Å²) in [5.74, 6) is 0.970. The standard InChI is InChI=1S/C16H23NO2S/c1-3-17-16-14-6-5-12(18-2)8-11(14)4-7-15(16)20-13-9-19-10-13/h5-6,8,13,15-17H,3-4,7,9-10H2,1-2H3. The summed E-state index contributed by atoms with van der Waals surface area (Å²) in [4.78, 5) is 0. The van der Waals surface area contributed by atoms with Crippen molar-refractivity contribution in [2.75, 3.05) is 26.9 Å². The largest absolute Gasteiger partial charge is 0.497 e. The van der Waals surface area contributed by atoms with Gasteiger partial charge in [-0.25, -0.2) is 0 Å². The third-order valence-corrected chi connectivity index (χ3v) is 5.67. The molecule has 3 rings (SSSR count). The molecule has 3 nitrogen and oxygen atoms in total. The van der Waals surface area contributed by atoms with Gasteiger partial charge in [-0.2, -0.15) is 0 Å². The van der Waals surface area contributed by atoms with Crippen molar-refractivity contribution >= 4 is 11.8 Å². The molecule has 0 bridgehead atoms. The summed E-state index contributed by atoms with van der Waals surface area (Å²) in [6.07, 6.45) is 2.39. The average Bonchev–Trinajstić information content (AvgIpc) is 2.44. The van der Waals surface area contributed by atoms with Crippen LogP contribution in [0, 0.1) is 0 Å². The molecule has 0 saturated carbocycles. The molecule has 0 radical (unpaired) electrons. The van der Waals surface area contributed by atoms with Crippen LogP contribution in [-0.4, -0.2) is 37.4 Å². The normalized spacial score (nSPS) is 25.9.